The summed E-state index contributed by atoms with van der Waals surface area (Å²) in [5.74, 6) is -1.13. The average Bonchev–Trinajstić information content (AvgIpc) is 3.13. The molecule has 4 rings (SSSR count). The van der Waals surface area contributed by atoms with E-state index in [1.54, 1.807) is 26.0 Å². The minimum atomic E-state index is -4.49. The van der Waals surface area contributed by atoms with Gasteiger partial charge in [-0.05, 0) is 69.9 Å². The molecule has 1 aromatic carbocycles. The van der Waals surface area contributed by atoms with Crippen molar-refractivity contribution < 1.29 is 32.3 Å². The second-order valence-corrected chi connectivity index (χ2v) is 10.7. The lowest BCUT2D eigenvalue weighted by molar-refractivity contribution is -0.135. The number of carbonyl (C=O) groups excluding carboxylic acids is 3. The molecule has 3 atom stereocenters. The number of fused-ring (bicyclic) bond motifs is 2. The SMILES string of the molecule is CC(C)(Oc1ccc(Cl)cc1C(N)=O)C(=O)N[C@H]1C[C@H]2CC[C@@H](C1)N2c1ccc(C(=O)NCC(F)(F)F)cn1. The second kappa shape index (κ2) is 10.9. The van der Waals surface area contributed by atoms with E-state index < -0.39 is 30.1 Å². The van der Waals surface area contributed by atoms with Crippen molar-refractivity contribution in [2.75, 3.05) is 11.4 Å². The highest BCUT2D eigenvalue weighted by molar-refractivity contribution is 6.31. The van der Waals surface area contributed by atoms with E-state index in [-0.39, 0.29) is 40.9 Å². The van der Waals surface area contributed by atoms with Crippen LogP contribution in [0.15, 0.2) is 36.5 Å². The summed E-state index contributed by atoms with van der Waals surface area (Å²) >= 11 is 5.96. The molecule has 210 valence electrons. The van der Waals surface area contributed by atoms with E-state index in [2.05, 4.69) is 15.2 Å². The minimum absolute atomic E-state index is 0.0416. The summed E-state index contributed by atoms with van der Waals surface area (Å²) in [5, 5.41) is 5.21. The Bertz CT molecular complexity index is 1240. The molecular formula is C26H29ClF3N5O4. The molecule has 2 aliphatic rings. The first-order chi connectivity index (χ1) is 18.2. The fourth-order valence-electron chi connectivity index (χ4n) is 5.09. The molecule has 0 unspecified atom stereocenters. The second-order valence-electron chi connectivity index (χ2n) is 10.3. The summed E-state index contributed by atoms with van der Waals surface area (Å²) in [4.78, 5) is 43.4. The zero-order chi connectivity index (χ0) is 28.5. The molecule has 9 nitrogen and oxygen atoms in total. The summed E-state index contributed by atoms with van der Waals surface area (Å²) in [7, 11) is 0. The van der Waals surface area contributed by atoms with E-state index in [4.69, 9.17) is 22.1 Å². The summed E-state index contributed by atoms with van der Waals surface area (Å²) in [6.45, 7) is 1.79. The van der Waals surface area contributed by atoms with Crippen LogP contribution in [0.4, 0.5) is 19.0 Å². The Kier molecular flexibility index (Phi) is 7.97. The molecule has 1 aromatic heterocycles. The fraction of sp³-hybridized carbons (Fsp3) is 0.462. The van der Waals surface area contributed by atoms with Crippen LogP contribution in [0.3, 0.4) is 0 Å². The van der Waals surface area contributed by atoms with Crippen LogP contribution in [-0.4, -0.2) is 59.2 Å². The van der Waals surface area contributed by atoms with Crippen LogP contribution < -0.4 is 26.0 Å². The van der Waals surface area contributed by atoms with Crippen molar-refractivity contribution in [1.82, 2.24) is 15.6 Å². The number of aromatic nitrogens is 1. The number of anilines is 1. The van der Waals surface area contributed by atoms with Crippen LogP contribution >= 0.6 is 11.6 Å². The number of pyridine rings is 1. The number of amides is 3. The Morgan fingerprint density at radius 3 is 2.36 bits per heavy atom. The molecule has 0 radical (unpaired) electrons. The van der Waals surface area contributed by atoms with Crippen molar-refractivity contribution in [3.8, 4) is 5.75 Å². The molecular weight excluding hydrogens is 539 g/mol. The molecule has 3 amide bonds. The minimum Gasteiger partial charge on any atom is -0.477 e. The number of nitrogens with two attached hydrogens (primary N) is 1. The summed E-state index contributed by atoms with van der Waals surface area (Å²) in [6, 6.07) is 7.57. The topological polar surface area (TPSA) is 127 Å². The number of piperidine rings is 1. The molecule has 2 bridgehead atoms. The van der Waals surface area contributed by atoms with Gasteiger partial charge in [0.25, 0.3) is 17.7 Å². The molecule has 2 aromatic rings. The Morgan fingerprint density at radius 1 is 1.13 bits per heavy atom. The summed E-state index contributed by atoms with van der Waals surface area (Å²) in [6.07, 6.45) is -0.141. The quantitative estimate of drug-likeness (QED) is 0.447. The normalized spacial score (nSPS) is 20.9. The number of benzene rings is 1. The van der Waals surface area contributed by atoms with Gasteiger partial charge >= 0.3 is 6.18 Å². The number of hydrogen-bond donors (Lipinski definition) is 3. The van der Waals surface area contributed by atoms with Crippen LogP contribution in [0.5, 0.6) is 5.75 Å². The van der Waals surface area contributed by atoms with Gasteiger partial charge in [0, 0.05) is 29.3 Å². The van der Waals surface area contributed by atoms with Gasteiger partial charge in [0.1, 0.15) is 18.1 Å². The van der Waals surface area contributed by atoms with Crippen LogP contribution in [0.2, 0.25) is 5.02 Å². The Hall–Kier alpha value is -3.54. The largest absolute Gasteiger partial charge is 0.477 e. The first-order valence-corrected chi connectivity index (χ1v) is 12.8. The molecule has 2 fully saturated rings. The van der Waals surface area contributed by atoms with Crippen LogP contribution in [0, 0.1) is 0 Å². The lowest BCUT2D eigenvalue weighted by Gasteiger charge is -2.41. The van der Waals surface area contributed by atoms with E-state index in [9.17, 15) is 27.6 Å². The zero-order valence-electron chi connectivity index (χ0n) is 21.3. The van der Waals surface area contributed by atoms with Gasteiger partial charge in [-0.25, -0.2) is 4.98 Å². The number of hydrogen-bond acceptors (Lipinski definition) is 6. The highest BCUT2D eigenvalue weighted by Gasteiger charge is 2.43. The first kappa shape index (κ1) is 28.5. The number of alkyl halides is 3. The van der Waals surface area contributed by atoms with Gasteiger partial charge in [0.2, 0.25) is 0 Å². The number of ether oxygens (including phenoxy) is 1. The maximum absolute atomic E-state index is 13.2. The fourth-order valence-corrected chi connectivity index (χ4v) is 5.26. The number of primary amides is 1. The molecule has 3 heterocycles. The van der Waals surface area contributed by atoms with Gasteiger partial charge in [0.15, 0.2) is 5.60 Å². The Balaban J connectivity index is 1.37. The third kappa shape index (κ3) is 6.73. The number of nitrogens with one attached hydrogen (secondary N) is 2. The maximum Gasteiger partial charge on any atom is 0.405 e. The van der Waals surface area contributed by atoms with Gasteiger partial charge in [-0.1, -0.05) is 11.6 Å². The molecule has 2 aliphatic heterocycles. The monoisotopic (exact) mass is 567 g/mol. The summed E-state index contributed by atoms with van der Waals surface area (Å²) < 4.78 is 43.0. The third-order valence-electron chi connectivity index (χ3n) is 6.91. The predicted octanol–water partition coefficient (Wildman–Crippen LogP) is 3.60. The Labute approximate surface area is 228 Å². The first-order valence-electron chi connectivity index (χ1n) is 12.4. The number of carbonyl (C=O) groups is 3. The van der Waals surface area contributed by atoms with Crippen molar-refractivity contribution in [2.24, 2.45) is 5.73 Å². The lowest BCUT2D eigenvalue weighted by atomic mass is 9.96. The third-order valence-corrected chi connectivity index (χ3v) is 7.15. The predicted molar refractivity (Wildman–Crippen MR) is 138 cm³/mol. The molecule has 0 spiro atoms. The van der Waals surface area contributed by atoms with Crippen molar-refractivity contribution in [3.05, 3.63) is 52.7 Å². The molecule has 4 N–H and O–H groups in total. The highest BCUT2D eigenvalue weighted by Crippen LogP contribution is 2.39. The standard InChI is InChI=1S/C26H29ClF3N5O4/c1-25(2,39-20-7-4-15(27)9-19(20)22(31)36)24(38)34-16-10-17-5-6-18(11-16)35(17)21-8-3-14(12-32-21)23(37)33-13-26(28,29)30/h3-4,7-9,12,16-18H,5-6,10-11,13H2,1-2H3,(H2,31,36)(H,33,37)(H,34,38)/t16-,17+,18-. The highest BCUT2D eigenvalue weighted by atomic mass is 35.5. The van der Waals surface area contributed by atoms with Crippen LogP contribution in [0.1, 0.15) is 60.2 Å². The number of halogens is 4. The zero-order valence-corrected chi connectivity index (χ0v) is 22.1. The summed E-state index contributed by atoms with van der Waals surface area (Å²) in [5.41, 5.74) is 4.24. The molecule has 0 aliphatic carbocycles. The van der Waals surface area contributed by atoms with Gasteiger partial charge in [-0.3, -0.25) is 14.4 Å². The van der Waals surface area contributed by atoms with E-state index in [1.807, 2.05) is 5.32 Å². The molecule has 2 saturated heterocycles. The number of rotatable bonds is 8. The van der Waals surface area contributed by atoms with Crippen molar-refractivity contribution in [1.29, 1.82) is 0 Å². The maximum atomic E-state index is 13.2. The Morgan fingerprint density at radius 2 is 1.79 bits per heavy atom. The van der Waals surface area contributed by atoms with Crippen LogP contribution in [0.25, 0.3) is 0 Å². The molecule has 13 heteroatoms. The van der Waals surface area contributed by atoms with Crippen molar-refractivity contribution >= 4 is 35.1 Å². The molecule has 0 saturated carbocycles. The van der Waals surface area contributed by atoms with Crippen molar-refractivity contribution in [3.63, 3.8) is 0 Å². The van der Waals surface area contributed by atoms with Gasteiger partial charge in [-0.15, -0.1) is 0 Å². The van der Waals surface area contributed by atoms with Crippen LogP contribution in [-0.2, 0) is 4.79 Å². The van der Waals surface area contributed by atoms with E-state index in [0.717, 1.165) is 12.8 Å². The lowest BCUT2D eigenvalue weighted by Crippen LogP contribution is -2.55. The van der Waals surface area contributed by atoms with E-state index in [1.165, 1.54) is 24.4 Å². The van der Waals surface area contributed by atoms with E-state index in [0.29, 0.717) is 23.7 Å². The van der Waals surface area contributed by atoms with Crippen molar-refractivity contribution in [2.45, 2.75) is 69.4 Å². The number of nitrogens with zero attached hydrogens (tertiary/aromatic N) is 2. The smallest absolute Gasteiger partial charge is 0.405 e. The molecule has 39 heavy (non-hydrogen) atoms. The van der Waals surface area contributed by atoms with Gasteiger partial charge < -0.3 is 26.0 Å². The van der Waals surface area contributed by atoms with E-state index >= 15 is 0 Å². The van der Waals surface area contributed by atoms with Gasteiger partial charge in [0.05, 0.1) is 11.1 Å². The van der Waals surface area contributed by atoms with Gasteiger partial charge in [-0.2, -0.15) is 13.2 Å². The average molecular weight is 568 g/mol.